The molecule has 0 amide bonds. The molecule has 25 heavy (non-hydrogen) atoms. The fourth-order valence-corrected chi connectivity index (χ4v) is 3.60. The Hall–Kier alpha value is -1.75. The van der Waals surface area contributed by atoms with E-state index in [0.29, 0.717) is 10.0 Å². The van der Waals surface area contributed by atoms with Crippen LogP contribution >= 0.6 is 23.2 Å². The fourth-order valence-electron chi connectivity index (χ4n) is 3.31. The molecule has 0 saturated carbocycles. The quantitative estimate of drug-likeness (QED) is 0.683. The predicted octanol–water partition coefficient (Wildman–Crippen LogP) is 4.27. The highest BCUT2D eigenvalue weighted by Crippen LogP contribution is 2.27. The van der Waals surface area contributed by atoms with Crippen LogP contribution in [0.5, 0.6) is 0 Å². The van der Waals surface area contributed by atoms with Crippen molar-refractivity contribution in [3.8, 4) is 0 Å². The maximum Gasteiger partial charge on any atom is 0.137 e. The molecule has 0 radical (unpaired) electrons. The molecule has 0 aliphatic carbocycles. The number of benzene rings is 1. The Kier molecular flexibility index (Phi) is 4.59. The summed E-state index contributed by atoms with van der Waals surface area (Å²) in [5, 5.41) is 1.22. The summed E-state index contributed by atoms with van der Waals surface area (Å²) in [6.07, 6.45) is 4.25. The van der Waals surface area contributed by atoms with Gasteiger partial charge in [-0.15, -0.1) is 0 Å². The first-order valence-corrected chi connectivity index (χ1v) is 9.21. The van der Waals surface area contributed by atoms with Gasteiger partial charge in [-0.3, -0.25) is 4.90 Å². The number of nitrogens with zero attached hydrogens (tertiary/aromatic N) is 4. The van der Waals surface area contributed by atoms with Crippen LogP contribution in [0.2, 0.25) is 10.0 Å². The minimum absolute atomic E-state index is 0.603. The Balaban J connectivity index is 1.40. The number of aryl methyl sites for hydroxylation is 1. The molecule has 0 spiro atoms. The monoisotopic (exact) mass is 374 g/mol. The van der Waals surface area contributed by atoms with Crippen LogP contribution in [0.1, 0.15) is 11.3 Å². The highest BCUT2D eigenvalue weighted by molar-refractivity contribution is 6.42. The zero-order chi connectivity index (χ0) is 17.4. The third-order valence-corrected chi connectivity index (χ3v) is 5.41. The van der Waals surface area contributed by atoms with Gasteiger partial charge in [0.25, 0.3) is 0 Å². The summed E-state index contributed by atoms with van der Waals surface area (Å²) in [5.74, 6) is 0. The summed E-state index contributed by atoms with van der Waals surface area (Å²) in [6.45, 7) is 6.95. The SMILES string of the molecule is Cc1ccc2nc(CN3CCN(c4ccc(Cl)c(Cl)c4)CC3)cn2c1. The van der Waals surface area contributed by atoms with Gasteiger partial charge in [0.1, 0.15) is 5.65 Å². The number of aromatic nitrogens is 2. The Morgan fingerprint density at radius 3 is 2.52 bits per heavy atom. The lowest BCUT2D eigenvalue weighted by atomic mass is 10.2. The van der Waals surface area contributed by atoms with E-state index in [1.165, 1.54) is 5.56 Å². The van der Waals surface area contributed by atoms with Crippen molar-refractivity contribution in [1.29, 1.82) is 0 Å². The van der Waals surface area contributed by atoms with Crippen LogP contribution in [0.25, 0.3) is 5.65 Å². The molecule has 1 aliphatic heterocycles. The van der Waals surface area contributed by atoms with E-state index in [1.54, 1.807) is 0 Å². The second kappa shape index (κ2) is 6.87. The highest BCUT2D eigenvalue weighted by Gasteiger charge is 2.18. The molecule has 3 heterocycles. The largest absolute Gasteiger partial charge is 0.369 e. The van der Waals surface area contributed by atoms with Crippen LogP contribution in [0, 0.1) is 6.92 Å². The van der Waals surface area contributed by atoms with Gasteiger partial charge >= 0.3 is 0 Å². The van der Waals surface area contributed by atoms with Crippen LogP contribution in [-0.4, -0.2) is 40.5 Å². The molecular weight excluding hydrogens is 355 g/mol. The van der Waals surface area contributed by atoms with Crippen molar-refractivity contribution in [2.45, 2.75) is 13.5 Å². The number of pyridine rings is 1. The van der Waals surface area contributed by atoms with Crippen molar-refractivity contribution in [1.82, 2.24) is 14.3 Å². The van der Waals surface area contributed by atoms with E-state index in [1.807, 2.05) is 18.2 Å². The van der Waals surface area contributed by atoms with E-state index in [4.69, 9.17) is 28.2 Å². The van der Waals surface area contributed by atoms with Gasteiger partial charge in [0.15, 0.2) is 0 Å². The molecular formula is C19H20Cl2N4. The molecule has 4 rings (SSSR count). The average Bonchev–Trinajstić information content (AvgIpc) is 2.99. The third kappa shape index (κ3) is 3.61. The number of hydrogen-bond donors (Lipinski definition) is 0. The van der Waals surface area contributed by atoms with Crippen LogP contribution in [0.3, 0.4) is 0 Å². The molecule has 0 N–H and O–H groups in total. The fraction of sp³-hybridized carbons (Fsp3) is 0.316. The van der Waals surface area contributed by atoms with Gasteiger partial charge in [0, 0.05) is 50.8 Å². The second-order valence-corrected chi connectivity index (χ2v) is 7.38. The number of imidazole rings is 1. The van der Waals surface area contributed by atoms with E-state index in [-0.39, 0.29) is 0 Å². The molecule has 0 atom stereocenters. The molecule has 0 unspecified atom stereocenters. The number of piperazine rings is 1. The molecule has 4 nitrogen and oxygen atoms in total. The normalized spacial score (nSPS) is 15.9. The topological polar surface area (TPSA) is 23.8 Å². The van der Waals surface area contributed by atoms with Gasteiger partial charge in [0.2, 0.25) is 0 Å². The lowest BCUT2D eigenvalue weighted by Gasteiger charge is -2.35. The second-order valence-electron chi connectivity index (χ2n) is 6.57. The van der Waals surface area contributed by atoms with E-state index in [9.17, 15) is 0 Å². The van der Waals surface area contributed by atoms with E-state index < -0.39 is 0 Å². The standard InChI is InChI=1S/C19H20Cl2N4/c1-14-2-5-19-22-15(13-25(19)11-14)12-23-6-8-24(9-7-23)16-3-4-17(20)18(21)10-16/h2-5,10-11,13H,6-9,12H2,1H3. The van der Waals surface area contributed by atoms with Gasteiger partial charge in [-0.05, 0) is 36.8 Å². The molecule has 3 aromatic rings. The maximum absolute atomic E-state index is 6.14. The van der Waals surface area contributed by atoms with Crippen molar-refractivity contribution in [3.05, 3.63) is 64.0 Å². The average molecular weight is 375 g/mol. The number of fused-ring (bicyclic) bond motifs is 1. The molecule has 1 aliphatic rings. The Morgan fingerprint density at radius 2 is 1.76 bits per heavy atom. The number of hydrogen-bond acceptors (Lipinski definition) is 3. The predicted molar refractivity (Wildman–Crippen MR) is 104 cm³/mol. The zero-order valence-electron chi connectivity index (χ0n) is 14.1. The first-order chi connectivity index (χ1) is 12.1. The molecule has 1 fully saturated rings. The molecule has 130 valence electrons. The summed E-state index contributed by atoms with van der Waals surface area (Å²) in [7, 11) is 0. The van der Waals surface area contributed by atoms with Crippen molar-refractivity contribution in [2.24, 2.45) is 0 Å². The van der Waals surface area contributed by atoms with E-state index in [2.05, 4.69) is 45.7 Å². The Bertz CT molecular complexity index is 898. The van der Waals surface area contributed by atoms with Gasteiger partial charge in [-0.25, -0.2) is 4.98 Å². The van der Waals surface area contributed by atoms with Crippen LogP contribution in [0.15, 0.2) is 42.7 Å². The lowest BCUT2D eigenvalue weighted by molar-refractivity contribution is 0.247. The number of halogens is 2. The summed E-state index contributed by atoms with van der Waals surface area (Å²) in [6, 6.07) is 10.0. The molecule has 1 aromatic carbocycles. The number of anilines is 1. The Morgan fingerprint density at radius 1 is 0.960 bits per heavy atom. The van der Waals surface area contributed by atoms with Crippen molar-refractivity contribution in [2.75, 3.05) is 31.1 Å². The minimum Gasteiger partial charge on any atom is -0.369 e. The first kappa shape index (κ1) is 16.7. The molecule has 2 aromatic heterocycles. The first-order valence-electron chi connectivity index (χ1n) is 8.45. The zero-order valence-corrected chi connectivity index (χ0v) is 15.6. The lowest BCUT2D eigenvalue weighted by Crippen LogP contribution is -2.46. The van der Waals surface area contributed by atoms with Gasteiger partial charge < -0.3 is 9.30 Å². The molecule has 0 bridgehead atoms. The van der Waals surface area contributed by atoms with E-state index >= 15 is 0 Å². The maximum atomic E-state index is 6.14. The van der Waals surface area contributed by atoms with Gasteiger partial charge in [0.05, 0.1) is 15.7 Å². The highest BCUT2D eigenvalue weighted by atomic mass is 35.5. The van der Waals surface area contributed by atoms with Gasteiger partial charge in [-0.1, -0.05) is 29.3 Å². The minimum atomic E-state index is 0.603. The van der Waals surface area contributed by atoms with Crippen molar-refractivity contribution in [3.63, 3.8) is 0 Å². The Labute approximate surface area is 157 Å². The summed E-state index contributed by atoms with van der Waals surface area (Å²) in [5.41, 5.74) is 4.51. The van der Waals surface area contributed by atoms with E-state index in [0.717, 1.165) is 49.8 Å². The smallest absolute Gasteiger partial charge is 0.137 e. The van der Waals surface area contributed by atoms with Crippen molar-refractivity contribution < 1.29 is 0 Å². The third-order valence-electron chi connectivity index (χ3n) is 4.68. The number of rotatable bonds is 3. The van der Waals surface area contributed by atoms with Crippen LogP contribution in [0.4, 0.5) is 5.69 Å². The van der Waals surface area contributed by atoms with Crippen molar-refractivity contribution >= 4 is 34.5 Å². The van der Waals surface area contributed by atoms with Crippen LogP contribution < -0.4 is 4.90 Å². The molecule has 1 saturated heterocycles. The van der Waals surface area contributed by atoms with Gasteiger partial charge in [-0.2, -0.15) is 0 Å². The van der Waals surface area contributed by atoms with Crippen LogP contribution in [-0.2, 0) is 6.54 Å². The molecule has 6 heteroatoms. The summed E-state index contributed by atoms with van der Waals surface area (Å²) in [4.78, 5) is 9.52. The summed E-state index contributed by atoms with van der Waals surface area (Å²) >= 11 is 12.1. The summed E-state index contributed by atoms with van der Waals surface area (Å²) < 4.78 is 2.11.